The van der Waals surface area contributed by atoms with Gasteiger partial charge in [-0.3, -0.25) is 4.79 Å². The number of carbonyl (C=O) groups is 1. The number of amides is 1. The van der Waals surface area contributed by atoms with Crippen molar-refractivity contribution in [3.8, 4) is 0 Å². The van der Waals surface area contributed by atoms with E-state index in [2.05, 4.69) is 6.92 Å². The summed E-state index contributed by atoms with van der Waals surface area (Å²) in [6.07, 6.45) is 3.94. The van der Waals surface area contributed by atoms with Crippen LogP contribution in [-0.4, -0.2) is 39.7 Å². The van der Waals surface area contributed by atoms with Crippen molar-refractivity contribution >= 4 is 16.8 Å². The Morgan fingerprint density at radius 1 is 1.33 bits per heavy atom. The van der Waals surface area contributed by atoms with Crippen LogP contribution >= 0.6 is 0 Å². The van der Waals surface area contributed by atoms with E-state index in [9.17, 15) is 9.90 Å². The first-order valence-electron chi connectivity index (χ1n) is 7.57. The van der Waals surface area contributed by atoms with E-state index in [1.807, 2.05) is 47.0 Å². The third-order valence-corrected chi connectivity index (χ3v) is 4.66. The van der Waals surface area contributed by atoms with Gasteiger partial charge < -0.3 is 14.6 Å². The Labute approximate surface area is 125 Å². The number of aliphatic hydroxyl groups excluding tert-OH is 1. The molecule has 1 aromatic carbocycles. The maximum absolute atomic E-state index is 12.9. The molecule has 112 valence electrons. The van der Waals surface area contributed by atoms with Crippen LogP contribution in [0.5, 0.6) is 0 Å². The SMILES string of the molecule is CC1CCC(CO)CN1C(=O)c1cccc2c1ccn2C. The van der Waals surface area contributed by atoms with Gasteiger partial charge in [0.2, 0.25) is 0 Å². The second-order valence-electron chi connectivity index (χ2n) is 6.10. The predicted octanol–water partition coefficient (Wildman–Crippen LogP) is 2.41. The number of hydrogen-bond donors (Lipinski definition) is 1. The molecular weight excluding hydrogens is 264 g/mol. The van der Waals surface area contributed by atoms with Crippen molar-refractivity contribution < 1.29 is 9.90 Å². The Morgan fingerprint density at radius 2 is 2.14 bits per heavy atom. The Balaban J connectivity index is 1.96. The van der Waals surface area contributed by atoms with Crippen LogP contribution in [0.2, 0.25) is 0 Å². The molecule has 21 heavy (non-hydrogen) atoms. The van der Waals surface area contributed by atoms with E-state index in [-0.39, 0.29) is 24.5 Å². The summed E-state index contributed by atoms with van der Waals surface area (Å²) in [4.78, 5) is 14.9. The van der Waals surface area contributed by atoms with Crippen LogP contribution in [0.1, 0.15) is 30.1 Å². The largest absolute Gasteiger partial charge is 0.396 e. The molecule has 1 aromatic heterocycles. The molecule has 2 unspecified atom stereocenters. The number of piperidine rings is 1. The molecule has 0 bridgehead atoms. The fourth-order valence-electron chi connectivity index (χ4n) is 3.26. The molecule has 1 aliphatic rings. The first-order valence-corrected chi connectivity index (χ1v) is 7.57. The average molecular weight is 286 g/mol. The third kappa shape index (κ3) is 2.44. The van der Waals surface area contributed by atoms with Gasteiger partial charge in [0.05, 0.1) is 0 Å². The fourth-order valence-corrected chi connectivity index (χ4v) is 3.26. The van der Waals surface area contributed by atoms with Crippen molar-refractivity contribution in [2.45, 2.75) is 25.8 Å². The highest BCUT2D eigenvalue weighted by Gasteiger charge is 2.30. The summed E-state index contributed by atoms with van der Waals surface area (Å²) in [6, 6.07) is 8.11. The summed E-state index contributed by atoms with van der Waals surface area (Å²) in [5, 5.41) is 10.4. The summed E-state index contributed by atoms with van der Waals surface area (Å²) >= 11 is 0. The standard InChI is InChI=1S/C17H22N2O2/c1-12-6-7-13(11-20)10-19(12)17(21)15-4-3-5-16-14(15)8-9-18(16)2/h3-5,8-9,12-13,20H,6-7,10-11H2,1-2H3. The van der Waals surface area contributed by atoms with E-state index < -0.39 is 0 Å². The van der Waals surface area contributed by atoms with E-state index >= 15 is 0 Å². The summed E-state index contributed by atoms with van der Waals surface area (Å²) < 4.78 is 2.03. The average Bonchev–Trinajstić information content (AvgIpc) is 2.89. The van der Waals surface area contributed by atoms with E-state index in [1.165, 1.54) is 0 Å². The second-order valence-corrected chi connectivity index (χ2v) is 6.10. The first-order chi connectivity index (χ1) is 10.1. The number of fused-ring (bicyclic) bond motifs is 1. The Hall–Kier alpha value is -1.81. The van der Waals surface area contributed by atoms with Crippen molar-refractivity contribution in [1.82, 2.24) is 9.47 Å². The smallest absolute Gasteiger partial charge is 0.254 e. The quantitative estimate of drug-likeness (QED) is 0.921. The van der Waals surface area contributed by atoms with Crippen LogP contribution in [0.25, 0.3) is 10.9 Å². The van der Waals surface area contributed by atoms with E-state index in [0.717, 1.165) is 29.3 Å². The molecule has 0 radical (unpaired) electrons. The minimum absolute atomic E-state index is 0.0810. The van der Waals surface area contributed by atoms with Crippen molar-refractivity contribution in [3.05, 3.63) is 36.0 Å². The van der Waals surface area contributed by atoms with E-state index in [0.29, 0.717) is 6.54 Å². The van der Waals surface area contributed by atoms with Gasteiger partial charge in [0.25, 0.3) is 5.91 Å². The topological polar surface area (TPSA) is 45.5 Å². The van der Waals surface area contributed by atoms with Gasteiger partial charge in [0, 0.05) is 48.9 Å². The monoisotopic (exact) mass is 286 g/mol. The molecule has 0 spiro atoms. The Morgan fingerprint density at radius 3 is 2.90 bits per heavy atom. The normalized spacial score (nSPS) is 22.7. The van der Waals surface area contributed by atoms with Crippen LogP contribution in [0.15, 0.2) is 30.5 Å². The summed E-state index contributed by atoms with van der Waals surface area (Å²) in [6.45, 7) is 2.91. The van der Waals surface area contributed by atoms with Crippen LogP contribution in [0.4, 0.5) is 0 Å². The van der Waals surface area contributed by atoms with Gasteiger partial charge >= 0.3 is 0 Å². The van der Waals surface area contributed by atoms with Gasteiger partial charge in [-0.05, 0) is 43.9 Å². The molecule has 2 aromatic rings. The van der Waals surface area contributed by atoms with E-state index in [4.69, 9.17) is 0 Å². The van der Waals surface area contributed by atoms with E-state index in [1.54, 1.807) is 0 Å². The maximum atomic E-state index is 12.9. The lowest BCUT2D eigenvalue weighted by molar-refractivity contribution is 0.0491. The number of aliphatic hydroxyl groups is 1. The fraction of sp³-hybridized carbons (Fsp3) is 0.471. The molecule has 1 amide bonds. The van der Waals surface area contributed by atoms with Crippen molar-refractivity contribution in [2.75, 3.05) is 13.2 Å². The Bertz CT molecular complexity index is 662. The zero-order valence-electron chi connectivity index (χ0n) is 12.6. The van der Waals surface area contributed by atoms with Crippen molar-refractivity contribution in [1.29, 1.82) is 0 Å². The lowest BCUT2D eigenvalue weighted by Gasteiger charge is -2.37. The minimum Gasteiger partial charge on any atom is -0.396 e. The maximum Gasteiger partial charge on any atom is 0.254 e. The third-order valence-electron chi connectivity index (χ3n) is 4.66. The summed E-state index contributed by atoms with van der Waals surface area (Å²) in [5.74, 6) is 0.289. The van der Waals surface area contributed by atoms with Gasteiger partial charge in [-0.15, -0.1) is 0 Å². The van der Waals surface area contributed by atoms with Crippen LogP contribution < -0.4 is 0 Å². The molecule has 2 atom stereocenters. The van der Waals surface area contributed by atoms with Gasteiger partial charge in [0.1, 0.15) is 0 Å². The minimum atomic E-state index is 0.0810. The van der Waals surface area contributed by atoms with Crippen LogP contribution in [0.3, 0.4) is 0 Å². The molecule has 0 saturated carbocycles. The number of hydrogen-bond acceptors (Lipinski definition) is 2. The number of nitrogens with zero attached hydrogens (tertiary/aromatic N) is 2. The van der Waals surface area contributed by atoms with Gasteiger partial charge in [-0.25, -0.2) is 0 Å². The second kappa shape index (κ2) is 5.53. The molecule has 3 rings (SSSR count). The highest BCUT2D eigenvalue weighted by Crippen LogP contribution is 2.26. The predicted molar refractivity (Wildman–Crippen MR) is 83.2 cm³/mol. The lowest BCUT2D eigenvalue weighted by Crippen LogP contribution is -2.46. The van der Waals surface area contributed by atoms with Crippen LogP contribution in [-0.2, 0) is 7.05 Å². The van der Waals surface area contributed by atoms with Gasteiger partial charge in [-0.2, -0.15) is 0 Å². The number of aryl methyl sites for hydroxylation is 1. The first kappa shape index (κ1) is 14.1. The number of likely N-dealkylation sites (tertiary alicyclic amines) is 1. The molecule has 1 aliphatic heterocycles. The number of rotatable bonds is 2. The molecule has 1 fully saturated rings. The Kier molecular flexibility index (Phi) is 3.72. The molecule has 4 nitrogen and oxygen atoms in total. The summed E-state index contributed by atoms with van der Waals surface area (Å²) in [5.41, 5.74) is 1.84. The van der Waals surface area contributed by atoms with Crippen molar-refractivity contribution in [3.63, 3.8) is 0 Å². The van der Waals surface area contributed by atoms with Crippen LogP contribution in [0, 0.1) is 5.92 Å². The molecular formula is C17H22N2O2. The highest BCUT2D eigenvalue weighted by molar-refractivity contribution is 6.06. The molecule has 0 aliphatic carbocycles. The van der Waals surface area contributed by atoms with Gasteiger partial charge in [0.15, 0.2) is 0 Å². The summed E-state index contributed by atoms with van der Waals surface area (Å²) in [7, 11) is 1.99. The van der Waals surface area contributed by atoms with Crippen molar-refractivity contribution in [2.24, 2.45) is 13.0 Å². The zero-order chi connectivity index (χ0) is 15.0. The number of aromatic nitrogens is 1. The highest BCUT2D eigenvalue weighted by atomic mass is 16.3. The molecule has 1 N–H and O–H groups in total. The van der Waals surface area contributed by atoms with Gasteiger partial charge in [-0.1, -0.05) is 6.07 Å². The molecule has 4 heteroatoms. The number of benzene rings is 1. The lowest BCUT2D eigenvalue weighted by atomic mass is 9.93. The molecule has 1 saturated heterocycles. The molecule has 2 heterocycles. The number of carbonyl (C=O) groups excluding carboxylic acids is 1. The zero-order valence-corrected chi connectivity index (χ0v) is 12.6.